The molecule has 0 saturated heterocycles. The molecular weight excluding hydrogens is 324 g/mol. The first kappa shape index (κ1) is 14.8. The van der Waals surface area contributed by atoms with E-state index in [1.165, 1.54) is 4.88 Å². The smallest absolute Gasteiger partial charge is 0.122 e. The number of rotatable bonds is 6. The minimum absolute atomic E-state index is 0.126. The number of furan rings is 1. The Bertz CT molecular complexity index is 523. The fourth-order valence-electron chi connectivity index (χ4n) is 2.07. The lowest BCUT2D eigenvalue weighted by Gasteiger charge is -2.24. The molecule has 104 valence electrons. The monoisotopic (exact) mass is 342 g/mol. The van der Waals surface area contributed by atoms with E-state index < -0.39 is 0 Å². The lowest BCUT2D eigenvalue weighted by molar-refractivity contribution is 0.212. The van der Waals surface area contributed by atoms with E-state index in [0.29, 0.717) is 6.54 Å². The molecule has 0 fully saturated rings. The molecule has 2 rings (SSSR count). The molecule has 1 unspecified atom stereocenters. The zero-order valence-corrected chi connectivity index (χ0v) is 13.6. The summed E-state index contributed by atoms with van der Waals surface area (Å²) in [6.07, 6.45) is 0.916. The summed E-state index contributed by atoms with van der Waals surface area (Å²) in [7, 11) is 2.08. The van der Waals surface area contributed by atoms with E-state index in [0.717, 1.165) is 29.0 Å². The molecule has 19 heavy (non-hydrogen) atoms. The highest BCUT2D eigenvalue weighted by Crippen LogP contribution is 2.26. The highest BCUT2D eigenvalue weighted by atomic mass is 79.9. The van der Waals surface area contributed by atoms with Gasteiger partial charge in [-0.3, -0.25) is 4.90 Å². The van der Waals surface area contributed by atoms with Crippen LogP contribution in [0.4, 0.5) is 0 Å². The van der Waals surface area contributed by atoms with E-state index >= 15 is 0 Å². The topological polar surface area (TPSA) is 42.4 Å². The van der Waals surface area contributed by atoms with Gasteiger partial charge in [0, 0.05) is 34.2 Å². The number of hydrogen-bond acceptors (Lipinski definition) is 4. The highest BCUT2D eigenvalue weighted by molar-refractivity contribution is 9.10. The molecule has 0 radical (unpaired) electrons. The van der Waals surface area contributed by atoms with Crippen molar-refractivity contribution in [3.05, 3.63) is 44.4 Å². The van der Waals surface area contributed by atoms with Gasteiger partial charge in [-0.1, -0.05) is 6.92 Å². The predicted molar refractivity (Wildman–Crippen MR) is 83.4 cm³/mol. The molecule has 0 spiro atoms. The summed E-state index contributed by atoms with van der Waals surface area (Å²) >= 11 is 5.23. The quantitative estimate of drug-likeness (QED) is 0.868. The molecule has 0 bridgehead atoms. The van der Waals surface area contributed by atoms with Gasteiger partial charge in [0.05, 0.1) is 6.04 Å². The van der Waals surface area contributed by atoms with Crippen molar-refractivity contribution in [1.29, 1.82) is 0 Å². The number of thiophene rings is 1. The molecule has 2 aromatic rings. The van der Waals surface area contributed by atoms with Gasteiger partial charge in [0.25, 0.3) is 0 Å². The van der Waals surface area contributed by atoms with Gasteiger partial charge in [0.15, 0.2) is 0 Å². The molecule has 2 heterocycles. The number of nitrogens with two attached hydrogens (primary N) is 1. The Hall–Kier alpha value is -0.620. The van der Waals surface area contributed by atoms with Gasteiger partial charge in [-0.05, 0) is 41.2 Å². The number of aryl methyl sites for hydroxylation is 1. The maximum atomic E-state index is 5.91. The van der Waals surface area contributed by atoms with Crippen molar-refractivity contribution in [1.82, 2.24) is 4.90 Å². The summed E-state index contributed by atoms with van der Waals surface area (Å²) < 4.78 is 6.96. The fraction of sp³-hybridized carbons (Fsp3) is 0.429. The van der Waals surface area contributed by atoms with E-state index in [4.69, 9.17) is 10.2 Å². The van der Waals surface area contributed by atoms with Gasteiger partial charge in [-0.25, -0.2) is 0 Å². The van der Waals surface area contributed by atoms with E-state index in [2.05, 4.69) is 46.2 Å². The maximum absolute atomic E-state index is 5.91. The van der Waals surface area contributed by atoms with Gasteiger partial charge in [-0.2, -0.15) is 0 Å². The van der Waals surface area contributed by atoms with Crippen molar-refractivity contribution < 1.29 is 4.42 Å². The van der Waals surface area contributed by atoms with E-state index in [1.807, 2.05) is 12.1 Å². The van der Waals surface area contributed by atoms with E-state index in [1.54, 1.807) is 11.3 Å². The van der Waals surface area contributed by atoms with E-state index in [9.17, 15) is 0 Å². The van der Waals surface area contributed by atoms with Crippen LogP contribution >= 0.6 is 27.3 Å². The van der Waals surface area contributed by atoms with Crippen molar-refractivity contribution in [2.75, 3.05) is 13.6 Å². The summed E-state index contributed by atoms with van der Waals surface area (Å²) in [6.45, 7) is 3.52. The van der Waals surface area contributed by atoms with Crippen molar-refractivity contribution >= 4 is 27.3 Å². The zero-order valence-electron chi connectivity index (χ0n) is 11.2. The van der Waals surface area contributed by atoms with Crippen LogP contribution < -0.4 is 5.73 Å². The van der Waals surface area contributed by atoms with Crippen molar-refractivity contribution in [3.63, 3.8) is 0 Å². The first-order valence-corrected chi connectivity index (χ1v) is 8.03. The SMILES string of the molecule is CCc1ccc(C(CN)N(C)Cc2cc(Br)cs2)o1. The average molecular weight is 343 g/mol. The van der Waals surface area contributed by atoms with Crippen LogP contribution in [0, 0.1) is 0 Å². The first-order chi connectivity index (χ1) is 9.13. The van der Waals surface area contributed by atoms with Crippen LogP contribution in [0.3, 0.4) is 0 Å². The van der Waals surface area contributed by atoms with Gasteiger partial charge in [0.2, 0.25) is 0 Å². The van der Waals surface area contributed by atoms with Crippen LogP contribution in [0.2, 0.25) is 0 Å². The van der Waals surface area contributed by atoms with Gasteiger partial charge in [0.1, 0.15) is 11.5 Å². The summed E-state index contributed by atoms with van der Waals surface area (Å²) in [5.41, 5.74) is 5.91. The maximum Gasteiger partial charge on any atom is 0.122 e. The molecule has 0 aromatic carbocycles. The van der Waals surface area contributed by atoms with Crippen LogP contribution in [-0.4, -0.2) is 18.5 Å². The zero-order chi connectivity index (χ0) is 13.8. The Kier molecular flexibility index (Phi) is 5.21. The summed E-state index contributed by atoms with van der Waals surface area (Å²) in [6, 6.07) is 6.35. The second kappa shape index (κ2) is 6.70. The normalized spacial score (nSPS) is 13.1. The number of nitrogens with zero attached hydrogens (tertiary/aromatic N) is 1. The molecule has 0 saturated carbocycles. The Morgan fingerprint density at radius 3 is 2.79 bits per heavy atom. The lowest BCUT2D eigenvalue weighted by atomic mass is 10.2. The third kappa shape index (κ3) is 3.69. The second-order valence-corrected chi connectivity index (χ2v) is 6.47. The standard InChI is InChI=1S/C14H19BrN2OS/c1-3-11-4-5-14(18-11)13(7-16)17(2)8-12-6-10(15)9-19-12/h4-6,9,13H,3,7-8,16H2,1-2H3. The highest BCUT2D eigenvalue weighted by Gasteiger charge is 2.19. The molecule has 0 aliphatic heterocycles. The van der Waals surface area contributed by atoms with Gasteiger partial charge in [-0.15, -0.1) is 11.3 Å². The Labute approximate surface area is 126 Å². The van der Waals surface area contributed by atoms with Crippen molar-refractivity contribution in [3.8, 4) is 0 Å². The van der Waals surface area contributed by atoms with Crippen LogP contribution in [0.25, 0.3) is 0 Å². The number of likely N-dealkylation sites (N-methyl/N-ethyl adjacent to an activating group) is 1. The molecular formula is C14H19BrN2OS. The fourth-order valence-corrected chi connectivity index (χ4v) is 3.58. The Morgan fingerprint density at radius 1 is 1.47 bits per heavy atom. The lowest BCUT2D eigenvalue weighted by Crippen LogP contribution is -2.29. The molecule has 0 amide bonds. The molecule has 0 aliphatic rings. The largest absolute Gasteiger partial charge is 0.464 e. The molecule has 2 N–H and O–H groups in total. The first-order valence-electron chi connectivity index (χ1n) is 6.35. The Morgan fingerprint density at radius 2 is 2.26 bits per heavy atom. The summed E-state index contributed by atoms with van der Waals surface area (Å²) in [5.74, 6) is 1.97. The van der Waals surface area contributed by atoms with Crippen LogP contribution in [0.5, 0.6) is 0 Å². The number of hydrogen-bond donors (Lipinski definition) is 1. The second-order valence-electron chi connectivity index (χ2n) is 4.56. The van der Waals surface area contributed by atoms with Gasteiger partial charge >= 0.3 is 0 Å². The van der Waals surface area contributed by atoms with Gasteiger partial charge < -0.3 is 10.2 Å². The van der Waals surface area contributed by atoms with Crippen LogP contribution in [0.1, 0.15) is 29.4 Å². The minimum atomic E-state index is 0.126. The molecule has 3 nitrogen and oxygen atoms in total. The molecule has 5 heteroatoms. The predicted octanol–water partition coefficient (Wildman–Crippen LogP) is 3.80. The average Bonchev–Trinajstić information content (AvgIpc) is 3.00. The summed E-state index contributed by atoms with van der Waals surface area (Å²) in [4.78, 5) is 3.55. The van der Waals surface area contributed by atoms with Crippen molar-refractivity contribution in [2.45, 2.75) is 25.9 Å². The third-order valence-electron chi connectivity index (χ3n) is 3.14. The van der Waals surface area contributed by atoms with E-state index in [-0.39, 0.29) is 6.04 Å². The number of halogens is 1. The Balaban J connectivity index is 2.08. The van der Waals surface area contributed by atoms with Crippen LogP contribution in [0.15, 0.2) is 32.5 Å². The molecule has 2 aromatic heterocycles. The van der Waals surface area contributed by atoms with Crippen LogP contribution in [-0.2, 0) is 13.0 Å². The minimum Gasteiger partial charge on any atom is -0.464 e. The summed E-state index contributed by atoms with van der Waals surface area (Å²) in [5, 5.41) is 2.10. The van der Waals surface area contributed by atoms with Crippen molar-refractivity contribution in [2.24, 2.45) is 5.73 Å². The molecule has 0 aliphatic carbocycles. The molecule has 1 atom stereocenters. The third-order valence-corrected chi connectivity index (χ3v) is 4.82.